The molecule has 0 radical (unpaired) electrons. The molecule has 1 atom stereocenters. The average Bonchev–Trinajstić information content (AvgIpc) is 2.91. The molecule has 2 rings (SSSR count). The van der Waals surface area contributed by atoms with Crippen LogP contribution >= 0.6 is 27.3 Å². The van der Waals surface area contributed by atoms with Gasteiger partial charge in [0, 0.05) is 9.70 Å². The normalized spacial score (nSPS) is 13.0. The highest BCUT2D eigenvalue weighted by Gasteiger charge is 2.30. The first-order valence-electron chi connectivity index (χ1n) is 6.27. The zero-order valence-corrected chi connectivity index (χ0v) is 14.1. The maximum Gasteiger partial charge on any atom is 0.416 e. The van der Waals surface area contributed by atoms with Gasteiger partial charge in [0.1, 0.15) is 4.88 Å². The van der Waals surface area contributed by atoms with Gasteiger partial charge in [0.2, 0.25) is 0 Å². The van der Waals surface area contributed by atoms with E-state index in [0.717, 1.165) is 22.6 Å². The third kappa shape index (κ3) is 3.52. The number of rotatable bonds is 3. The van der Waals surface area contributed by atoms with Crippen LogP contribution in [0.1, 0.15) is 32.5 Å². The molecule has 0 saturated carbocycles. The van der Waals surface area contributed by atoms with Crippen LogP contribution in [0.3, 0.4) is 0 Å². The Balaban J connectivity index is 2.43. The van der Waals surface area contributed by atoms with Crippen LogP contribution in [-0.4, -0.2) is 13.1 Å². The molecule has 118 valence electrons. The van der Waals surface area contributed by atoms with E-state index in [-0.39, 0.29) is 4.83 Å². The number of alkyl halides is 4. The number of ether oxygens (including phenoxy) is 1. The first-order chi connectivity index (χ1) is 10.2. The first-order valence-corrected chi connectivity index (χ1v) is 8.01. The molecule has 0 spiro atoms. The van der Waals surface area contributed by atoms with Gasteiger partial charge in [0.05, 0.1) is 12.7 Å². The van der Waals surface area contributed by atoms with E-state index in [0.29, 0.717) is 10.4 Å². The Hall–Kier alpha value is -1.34. The number of esters is 1. The van der Waals surface area contributed by atoms with Crippen LogP contribution in [0.5, 0.6) is 0 Å². The standard InChI is InChI=1S/C15H12BrF3O2S/c1-8(16)11-7-12(22-13(11)14(20)21-2)9-3-5-10(6-4-9)15(17,18)19/h3-8H,1-2H3. The summed E-state index contributed by atoms with van der Waals surface area (Å²) >= 11 is 4.61. The van der Waals surface area contributed by atoms with Crippen molar-refractivity contribution in [1.29, 1.82) is 0 Å². The van der Waals surface area contributed by atoms with Crippen LogP contribution < -0.4 is 0 Å². The summed E-state index contributed by atoms with van der Waals surface area (Å²) in [7, 11) is 1.29. The van der Waals surface area contributed by atoms with Crippen molar-refractivity contribution in [3.63, 3.8) is 0 Å². The predicted molar refractivity (Wildman–Crippen MR) is 83.4 cm³/mol. The van der Waals surface area contributed by atoms with Crippen molar-refractivity contribution < 1.29 is 22.7 Å². The van der Waals surface area contributed by atoms with Crippen LogP contribution in [0.4, 0.5) is 13.2 Å². The molecule has 0 aliphatic rings. The summed E-state index contributed by atoms with van der Waals surface area (Å²) in [6, 6.07) is 6.66. The number of carbonyl (C=O) groups is 1. The summed E-state index contributed by atoms with van der Waals surface area (Å²) in [5.74, 6) is -0.454. The lowest BCUT2D eigenvalue weighted by Gasteiger charge is -2.06. The second kappa shape index (κ2) is 6.42. The lowest BCUT2D eigenvalue weighted by Crippen LogP contribution is -2.03. The molecule has 2 aromatic rings. The fourth-order valence-electron chi connectivity index (χ4n) is 1.92. The fraction of sp³-hybridized carbons (Fsp3) is 0.267. The molecule has 2 nitrogen and oxygen atoms in total. The Morgan fingerprint density at radius 3 is 2.32 bits per heavy atom. The number of carbonyl (C=O) groups excluding carboxylic acids is 1. The van der Waals surface area contributed by atoms with E-state index < -0.39 is 17.7 Å². The van der Waals surface area contributed by atoms with Gasteiger partial charge in [-0.1, -0.05) is 28.1 Å². The molecule has 22 heavy (non-hydrogen) atoms. The number of methoxy groups -OCH3 is 1. The van der Waals surface area contributed by atoms with Crippen molar-refractivity contribution in [3.05, 3.63) is 46.3 Å². The summed E-state index contributed by atoms with van der Waals surface area (Å²) in [6.07, 6.45) is -4.36. The maximum absolute atomic E-state index is 12.6. The van der Waals surface area contributed by atoms with E-state index >= 15 is 0 Å². The second-order valence-corrected chi connectivity index (χ2v) is 7.00. The molecule has 0 N–H and O–H groups in total. The lowest BCUT2D eigenvalue weighted by atomic mass is 10.1. The van der Waals surface area contributed by atoms with Crippen molar-refractivity contribution >= 4 is 33.2 Å². The summed E-state index contributed by atoms with van der Waals surface area (Å²) in [5.41, 5.74) is 0.685. The van der Waals surface area contributed by atoms with Crippen molar-refractivity contribution in [3.8, 4) is 10.4 Å². The van der Waals surface area contributed by atoms with Gasteiger partial charge in [-0.25, -0.2) is 4.79 Å². The lowest BCUT2D eigenvalue weighted by molar-refractivity contribution is -0.137. The minimum Gasteiger partial charge on any atom is -0.465 e. The van der Waals surface area contributed by atoms with Gasteiger partial charge in [-0.15, -0.1) is 11.3 Å². The minimum absolute atomic E-state index is 0.0685. The Morgan fingerprint density at radius 2 is 1.86 bits per heavy atom. The van der Waals surface area contributed by atoms with Crippen LogP contribution in [0, 0.1) is 0 Å². The van der Waals surface area contributed by atoms with Crippen molar-refractivity contribution in [2.24, 2.45) is 0 Å². The third-order valence-electron chi connectivity index (χ3n) is 3.06. The van der Waals surface area contributed by atoms with E-state index in [1.54, 1.807) is 6.07 Å². The van der Waals surface area contributed by atoms with Crippen LogP contribution in [0.25, 0.3) is 10.4 Å². The first kappa shape index (κ1) is 17.0. The monoisotopic (exact) mass is 392 g/mol. The van der Waals surface area contributed by atoms with E-state index in [1.165, 1.54) is 30.6 Å². The molecule has 1 aromatic heterocycles. The highest BCUT2D eigenvalue weighted by Crippen LogP contribution is 2.38. The number of hydrogen-bond donors (Lipinski definition) is 0. The summed E-state index contributed by atoms with van der Waals surface area (Å²) in [5, 5.41) is 0. The summed E-state index contributed by atoms with van der Waals surface area (Å²) in [6.45, 7) is 1.87. The summed E-state index contributed by atoms with van der Waals surface area (Å²) in [4.78, 5) is 12.9. The molecular weight excluding hydrogens is 381 g/mol. The summed E-state index contributed by atoms with van der Waals surface area (Å²) < 4.78 is 42.5. The van der Waals surface area contributed by atoms with Crippen LogP contribution in [-0.2, 0) is 10.9 Å². The molecule has 0 saturated heterocycles. The van der Waals surface area contributed by atoms with Crippen molar-refractivity contribution in [2.75, 3.05) is 7.11 Å². The Bertz CT molecular complexity index is 675. The highest BCUT2D eigenvalue weighted by atomic mass is 79.9. The Morgan fingerprint density at radius 1 is 1.27 bits per heavy atom. The fourth-order valence-corrected chi connectivity index (χ4v) is 3.61. The molecule has 7 heteroatoms. The zero-order chi connectivity index (χ0) is 16.5. The zero-order valence-electron chi connectivity index (χ0n) is 11.7. The van der Waals surface area contributed by atoms with Gasteiger partial charge in [0.25, 0.3) is 0 Å². The molecule has 0 bridgehead atoms. The van der Waals surface area contributed by atoms with E-state index in [1.807, 2.05) is 6.92 Å². The van der Waals surface area contributed by atoms with Gasteiger partial charge in [-0.2, -0.15) is 13.2 Å². The second-order valence-electron chi connectivity index (χ2n) is 4.58. The number of hydrogen-bond acceptors (Lipinski definition) is 3. The Labute approximate surface area is 138 Å². The minimum atomic E-state index is -4.36. The van der Waals surface area contributed by atoms with Gasteiger partial charge in [0.15, 0.2) is 0 Å². The maximum atomic E-state index is 12.6. The van der Waals surface area contributed by atoms with Crippen LogP contribution in [0.15, 0.2) is 30.3 Å². The van der Waals surface area contributed by atoms with Crippen molar-refractivity contribution in [2.45, 2.75) is 17.9 Å². The van der Waals surface area contributed by atoms with Gasteiger partial charge in [-0.3, -0.25) is 0 Å². The highest BCUT2D eigenvalue weighted by molar-refractivity contribution is 9.09. The smallest absolute Gasteiger partial charge is 0.416 e. The predicted octanol–water partition coefficient (Wildman–Crippen LogP) is 5.68. The van der Waals surface area contributed by atoms with Gasteiger partial charge >= 0.3 is 12.1 Å². The molecular formula is C15H12BrF3O2S. The molecule has 1 unspecified atom stereocenters. The number of benzene rings is 1. The average molecular weight is 393 g/mol. The van der Waals surface area contributed by atoms with Gasteiger partial charge < -0.3 is 4.74 Å². The molecule has 0 aliphatic heterocycles. The molecule has 1 aromatic carbocycles. The largest absolute Gasteiger partial charge is 0.465 e. The van der Waals surface area contributed by atoms with Gasteiger partial charge in [-0.05, 0) is 36.2 Å². The van der Waals surface area contributed by atoms with Crippen LogP contribution in [0.2, 0.25) is 0 Å². The SMILES string of the molecule is COC(=O)c1sc(-c2ccc(C(F)(F)F)cc2)cc1C(C)Br. The van der Waals surface area contributed by atoms with Crippen molar-refractivity contribution in [1.82, 2.24) is 0 Å². The molecule has 0 aliphatic carbocycles. The molecule has 0 amide bonds. The number of halogens is 4. The quantitative estimate of drug-likeness (QED) is 0.496. The number of thiophene rings is 1. The van der Waals surface area contributed by atoms with E-state index in [9.17, 15) is 18.0 Å². The van der Waals surface area contributed by atoms with E-state index in [2.05, 4.69) is 15.9 Å². The third-order valence-corrected chi connectivity index (χ3v) is 4.73. The molecule has 1 heterocycles. The van der Waals surface area contributed by atoms with E-state index in [4.69, 9.17) is 4.74 Å². The molecule has 0 fully saturated rings. The Kier molecular flexibility index (Phi) is 4.97. The topological polar surface area (TPSA) is 26.3 Å².